The number of nitrogens with zero attached hydrogens (tertiary/aromatic N) is 1. The van der Waals surface area contributed by atoms with Gasteiger partial charge in [-0.25, -0.2) is 4.98 Å². The summed E-state index contributed by atoms with van der Waals surface area (Å²) in [4.78, 5) is 45.2. The smallest absolute Gasteiger partial charge is 0.322 e. The standard InChI is InChI=1S/C31H40N4O4/c36-26(37)18-32-29(38)23-7-4-8-24(14-23)33-30(39)27-25(34-28(35-27)22-5-2-1-3-6-22)9-10-31-15-19-11-20(16-31)13-21(12-19)17-31/h4,7-8,14,19-22H,1-3,5-6,9-13,15-18H2,(H,32,38)(H,33,39)(H,34,35)(H,36,37). The van der Waals surface area contributed by atoms with Crippen LogP contribution in [0.3, 0.4) is 0 Å². The van der Waals surface area contributed by atoms with E-state index in [2.05, 4.69) is 15.6 Å². The van der Waals surface area contributed by atoms with Crippen LogP contribution in [0.25, 0.3) is 0 Å². The summed E-state index contributed by atoms with van der Waals surface area (Å²) in [6.07, 6.45) is 16.2. The van der Waals surface area contributed by atoms with Crippen LogP contribution in [0.4, 0.5) is 5.69 Å². The predicted octanol–water partition coefficient (Wildman–Crippen LogP) is 5.67. The molecule has 0 radical (unpaired) electrons. The summed E-state index contributed by atoms with van der Waals surface area (Å²) in [6.45, 7) is -0.459. The monoisotopic (exact) mass is 532 g/mol. The number of carbonyl (C=O) groups is 3. The molecule has 8 nitrogen and oxygen atoms in total. The van der Waals surface area contributed by atoms with E-state index in [0.717, 1.165) is 55.0 Å². The highest BCUT2D eigenvalue weighted by molar-refractivity contribution is 6.04. The van der Waals surface area contributed by atoms with E-state index in [4.69, 9.17) is 10.1 Å². The molecule has 4 bridgehead atoms. The number of H-pyrrole nitrogens is 1. The summed E-state index contributed by atoms with van der Waals surface area (Å²) in [5.41, 5.74) is 2.62. The highest BCUT2D eigenvalue weighted by Gasteiger charge is 2.50. The Morgan fingerprint density at radius 1 is 0.974 bits per heavy atom. The Morgan fingerprint density at radius 2 is 1.67 bits per heavy atom. The molecule has 8 heteroatoms. The van der Waals surface area contributed by atoms with Gasteiger partial charge in [0.1, 0.15) is 18.1 Å². The maximum Gasteiger partial charge on any atom is 0.322 e. The highest BCUT2D eigenvalue weighted by Crippen LogP contribution is 2.61. The van der Waals surface area contributed by atoms with Gasteiger partial charge in [-0.1, -0.05) is 25.3 Å². The Hall–Kier alpha value is -3.16. The molecule has 0 saturated heterocycles. The van der Waals surface area contributed by atoms with Crippen molar-refractivity contribution in [3.8, 4) is 0 Å². The molecule has 2 aromatic rings. The lowest BCUT2D eigenvalue weighted by atomic mass is 9.48. The van der Waals surface area contributed by atoms with Gasteiger partial charge < -0.3 is 20.7 Å². The normalized spacial score (nSPS) is 27.8. The third-order valence-corrected chi connectivity index (χ3v) is 9.86. The molecule has 1 aromatic heterocycles. The second kappa shape index (κ2) is 10.8. The molecular formula is C31H40N4O4. The van der Waals surface area contributed by atoms with Crippen LogP contribution in [-0.2, 0) is 11.2 Å². The number of carboxylic acid groups (broad SMARTS) is 1. The lowest BCUT2D eigenvalue weighted by Gasteiger charge is -2.57. The minimum Gasteiger partial charge on any atom is -0.480 e. The van der Waals surface area contributed by atoms with E-state index in [0.29, 0.717) is 28.3 Å². The quantitative estimate of drug-likeness (QED) is 0.331. The molecule has 4 N–H and O–H groups in total. The second-order valence-corrected chi connectivity index (χ2v) is 12.8. The van der Waals surface area contributed by atoms with Crippen LogP contribution in [0, 0.1) is 23.2 Å². The lowest BCUT2D eigenvalue weighted by Crippen LogP contribution is -2.46. The number of hydrogen-bond donors (Lipinski definition) is 4. The van der Waals surface area contributed by atoms with Gasteiger partial charge in [0.25, 0.3) is 11.8 Å². The van der Waals surface area contributed by atoms with Crippen LogP contribution in [-0.4, -0.2) is 39.4 Å². The van der Waals surface area contributed by atoms with Crippen molar-refractivity contribution in [1.82, 2.24) is 15.3 Å². The lowest BCUT2D eigenvalue weighted by molar-refractivity contribution is -0.135. The molecule has 0 spiro atoms. The summed E-state index contributed by atoms with van der Waals surface area (Å²) < 4.78 is 0. The van der Waals surface area contributed by atoms with Crippen molar-refractivity contribution < 1.29 is 19.5 Å². The van der Waals surface area contributed by atoms with Crippen molar-refractivity contribution >= 4 is 23.5 Å². The van der Waals surface area contributed by atoms with Gasteiger partial charge in [-0.3, -0.25) is 14.4 Å². The number of aliphatic carboxylic acids is 1. The van der Waals surface area contributed by atoms with E-state index < -0.39 is 18.4 Å². The molecule has 5 fully saturated rings. The number of nitrogens with one attached hydrogen (secondary N) is 3. The van der Waals surface area contributed by atoms with Crippen molar-refractivity contribution in [3.63, 3.8) is 0 Å². The zero-order valence-corrected chi connectivity index (χ0v) is 22.6. The van der Waals surface area contributed by atoms with Crippen LogP contribution >= 0.6 is 0 Å². The minimum atomic E-state index is -1.11. The fraction of sp³-hybridized carbons (Fsp3) is 0.613. The number of rotatable bonds is 9. The number of hydrogen-bond acceptors (Lipinski definition) is 4. The Bertz CT molecular complexity index is 1210. The molecule has 0 aliphatic heterocycles. The average Bonchev–Trinajstić information content (AvgIpc) is 3.35. The first-order valence-corrected chi connectivity index (χ1v) is 14.9. The Labute approximate surface area is 229 Å². The van der Waals surface area contributed by atoms with Crippen molar-refractivity contribution in [2.24, 2.45) is 23.2 Å². The number of imidazole rings is 1. The number of amides is 2. The molecular weight excluding hydrogens is 492 g/mol. The number of carbonyl (C=O) groups excluding carboxylic acids is 2. The Morgan fingerprint density at radius 3 is 2.33 bits per heavy atom. The zero-order valence-electron chi connectivity index (χ0n) is 22.6. The van der Waals surface area contributed by atoms with Gasteiger partial charge in [0.2, 0.25) is 0 Å². The van der Waals surface area contributed by atoms with Gasteiger partial charge in [-0.2, -0.15) is 0 Å². The van der Waals surface area contributed by atoms with Gasteiger partial charge in [0, 0.05) is 22.9 Å². The maximum absolute atomic E-state index is 13.6. The van der Waals surface area contributed by atoms with Crippen LogP contribution < -0.4 is 10.6 Å². The molecule has 1 aromatic carbocycles. The topological polar surface area (TPSA) is 124 Å². The molecule has 5 aliphatic carbocycles. The number of aryl methyl sites for hydroxylation is 1. The van der Waals surface area contributed by atoms with Crippen LogP contribution in [0.1, 0.15) is 115 Å². The van der Waals surface area contributed by atoms with Crippen molar-refractivity contribution in [2.45, 2.75) is 89.4 Å². The highest BCUT2D eigenvalue weighted by atomic mass is 16.4. The largest absolute Gasteiger partial charge is 0.480 e. The predicted molar refractivity (Wildman–Crippen MR) is 148 cm³/mol. The summed E-state index contributed by atoms with van der Waals surface area (Å²) >= 11 is 0. The van der Waals surface area contributed by atoms with E-state index >= 15 is 0 Å². The van der Waals surface area contributed by atoms with Crippen molar-refractivity contribution in [2.75, 3.05) is 11.9 Å². The number of carboxylic acids is 1. The molecule has 2 amide bonds. The summed E-state index contributed by atoms with van der Waals surface area (Å²) in [7, 11) is 0. The molecule has 5 saturated carbocycles. The van der Waals surface area contributed by atoms with E-state index in [-0.39, 0.29) is 5.91 Å². The van der Waals surface area contributed by atoms with Gasteiger partial charge in [0.15, 0.2) is 0 Å². The van der Waals surface area contributed by atoms with Crippen molar-refractivity contribution in [1.29, 1.82) is 0 Å². The van der Waals surface area contributed by atoms with E-state index in [1.165, 1.54) is 57.8 Å². The first-order valence-electron chi connectivity index (χ1n) is 14.9. The molecule has 7 rings (SSSR count). The van der Waals surface area contributed by atoms with Gasteiger partial charge >= 0.3 is 5.97 Å². The fourth-order valence-corrected chi connectivity index (χ4v) is 8.54. The number of aromatic amines is 1. The SMILES string of the molecule is O=C(O)CNC(=O)c1cccc(NC(=O)c2nc(C3CCCCC3)[nH]c2CCC23CC4CC(CC(C4)C2)C3)c1. The molecule has 39 heavy (non-hydrogen) atoms. The Kier molecular flexibility index (Phi) is 7.21. The van der Waals surface area contributed by atoms with Crippen LogP contribution in [0.2, 0.25) is 0 Å². The van der Waals surface area contributed by atoms with E-state index in [1.807, 2.05) is 0 Å². The van der Waals surface area contributed by atoms with Gasteiger partial charge in [-0.05, 0) is 106 Å². The van der Waals surface area contributed by atoms with Crippen LogP contribution in [0.5, 0.6) is 0 Å². The summed E-state index contributed by atoms with van der Waals surface area (Å²) in [6, 6.07) is 6.57. The summed E-state index contributed by atoms with van der Waals surface area (Å²) in [5.74, 6) is 2.15. The third kappa shape index (κ3) is 5.75. The second-order valence-electron chi connectivity index (χ2n) is 12.8. The Balaban J connectivity index is 1.20. The van der Waals surface area contributed by atoms with Gasteiger partial charge in [0.05, 0.1) is 0 Å². The van der Waals surface area contributed by atoms with Crippen molar-refractivity contribution in [3.05, 3.63) is 47.0 Å². The van der Waals surface area contributed by atoms with Gasteiger partial charge in [-0.15, -0.1) is 0 Å². The number of aromatic nitrogens is 2. The maximum atomic E-state index is 13.6. The number of benzene rings is 1. The molecule has 5 aliphatic rings. The zero-order chi connectivity index (χ0) is 27.0. The van der Waals surface area contributed by atoms with E-state index in [9.17, 15) is 14.4 Å². The molecule has 0 atom stereocenters. The average molecular weight is 533 g/mol. The fourth-order valence-electron chi connectivity index (χ4n) is 8.54. The number of anilines is 1. The first kappa shape index (κ1) is 26.1. The molecule has 0 unspecified atom stereocenters. The summed E-state index contributed by atoms with van der Waals surface area (Å²) in [5, 5.41) is 14.2. The molecule has 1 heterocycles. The minimum absolute atomic E-state index is 0.267. The van der Waals surface area contributed by atoms with Crippen LogP contribution in [0.15, 0.2) is 24.3 Å². The first-order chi connectivity index (χ1) is 18.9. The molecule has 208 valence electrons. The third-order valence-electron chi connectivity index (χ3n) is 9.86. The van der Waals surface area contributed by atoms with E-state index in [1.54, 1.807) is 24.3 Å².